The summed E-state index contributed by atoms with van der Waals surface area (Å²) in [4.78, 5) is 0. The van der Waals surface area contributed by atoms with Crippen molar-refractivity contribution in [1.82, 2.24) is 10.1 Å². The highest BCUT2D eigenvalue weighted by Crippen LogP contribution is 2.39. The van der Waals surface area contributed by atoms with Gasteiger partial charge >= 0.3 is 11.7 Å². The Morgan fingerprint density at radius 3 is 1.35 bits per heavy atom. The molecule has 1 aromatic rings. The highest BCUT2D eigenvalue weighted by atomic mass is 28.3. The van der Waals surface area contributed by atoms with Gasteiger partial charge in [0, 0.05) is 16.0 Å². The molecule has 0 amide bonds. The van der Waals surface area contributed by atoms with Crippen molar-refractivity contribution in [2.24, 2.45) is 0 Å². The molecular weight excluding hydrogens is 448 g/mol. The van der Waals surface area contributed by atoms with Crippen LogP contribution in [0.4, 0.5) is 0 Å². The smallest absolute Gasteiger partial charge is 0.316 e. The van der Waals surface area contributed by atoms with E-state index in [1.54, 1.807) is 73.6 Å². The molecule has 0 atom stereocenters. The lowest BCUT2D eigenvalue weighted by Crippen LogP contribution is -2.53. The van der Waals surface area contributed by atoms with Crippen LogP contribution in [0.15, 0.2) is 18.2 Å². The fourth-order valence-corrected chi connectivity index (χ4v) is 4.42. The van der Waals surface area contributed by atoms with E-state index in [-0.39, 0.29) is 11.7 Å². The van der Waals surface area contributed by atoms with Gasteiger partial charge in [-0.05, 0) is 73.6 Å². The van der Waals surface area contributed by atoms with Crippen LogP contribution in [0.25, 0.3) is 0 Å². The van der Waals surface area contributed by atoms with Crippen LogP contribution < -0.4 is 0 Å². The third-order valence-corrected chi connectivity index (χ3v) is 8.70. The van der Waals surface area contributed by atoms with Gasteiger partial charge in [0.15, 0.2) is 11.1 Å². The summed E-state index contributed by atoms with van der Waals surface area (Å²) < 4.78 is 1.46. The zero-order valence-corrected chi connectivity index (χ0v) is 23.2. The SMILES string of the molecule is CC1(C)N([O])C(c2cc(C#C[Si](C)(C)C)cc(C3=[N+]([O-])C(C)(C)C(C)(C)N3[O])c2)=[N+]([O-])C1(C)C. The number of hydroxylamine groups is 6. The van der Waals surface area contributed by atoms with E-state index in [0.717, 1.165) is 19.6 Å². The van der Waals surface area contributed by atoms with Gasteiger partial charge in [-0.25, -0.2) is 0 Å². The maximum atomic E-state index is 13.3. The van der Waals surface area contributed by atoms with Crippen LogP contribution in [0.5, 0.6) is 0 Å². The van der Waals surface area contributed by atoms with Gasteiger partial charge in [0.25, 0.3) is 0 Å². The molecule has 3 rings (SSSR count). The van der Waals surface area contributed by atoms with E-state index >= 15 is 0 Å². The molecule has 0 N–H and O–H groups in total. The Morgan fingerprint density at radius 1 is 0.735 bits per heavy atom. The Labute approximate surface area is 203 Å². The van der Waals surface area contributed by atoms with Crippen LogP contribution >= 0.6 is 0 Å². The minimum absolute atomic E-state index is 0.0556. The molecule has 2 heterocycles. The van der Waals surface area contributed by atoms with Crippen LogP contribution in [0.2, 0.25) is 19.6 Å². The topological polar surface area (TPSA) is 98.4 Å². The van der Waals surface area contributed by atoms with E-state index in [1.165, 1.54) is 0 Å². The number of amidine groups is 2. The first-order chi connectivity index (χ1) is 15.2. The summed E-state index contributed by atoms with van der Waals surface area (Å²) in [5.41, 5.74) is 0.510. The number of rotatable bonds is 2. The summed E-state index contributed by atoms with van der Waals surface area (Å²) in [6, 6.07) is 4.95. The first kappa shape index (κ1) is 26.1. The highest BCUT2D eigenvalue weighted by molar-refractivity contribution is 6.83. The molecule has 0 bridgehead atoms. The van der Waals surface area contributed by atoms with Gasteiger partial charge in [-0.1, -0.05) is 35.7 Å². The zero-order valence-electron chi connectivity index (χ0n) is 22.2. The second-order valence-electron chi connectivity index (χ2n) is 12.4. The fraction of sp³-hybridized carbons (Fsp3) is 0.600. The average Bonchev–Trinajstić information content (AvgIpc) is 2.89. The van der Waals surface area contributed by atoms with E-state index < -0.39 is 30.2 Å². The molecule has 2 radical (unpaired) electrons. The zero-order chi connectivity index (χ0) is 26.2. The standard InChI is InChI=1S/C25H36N4O4Si/c1-22(2)23(3,4)27(31)20(26(22)30)18-14-17(12-13-34(9,10)11)15-19(16-18)21-28(32)24(5,6)25(7,8)29(21)33/h14-16H,1-11H3. The Hall–Kier alpha value is -2.54. The maximum Gasteiger partial charge on any atom is 0.316 e. The molecule has 8 nitrogen and oxygen atoms in total. The van der Waals surface area contributed by atoms with Crippen molar-refractivity contribution in [1.29, 1.82) is 0 Å². The number of hydrogen-bond donors (Lipinski definition) is 0. The molecule has 0 spiro atoms. The van der Waals surface area contributed by atoms with E-state index in [9.17, 15) is 20.8 Å². The fourth-order valence-electron chi connectivity index (χ4n) is 3.90. The molecule has 184 valence electrons. The summed E-state index contributed by atoms with van der Waals surface area (Å²) in [5.74, 6) is 3.05. The Bertz CT molecular complexity index is 1090. The lowest BCUT2D eigenvalue weighted by molar-refractivity contribution is -0.539. The number of nitrogens with zero attached hydrogens (tertiary/aromatic N) is 4. The molecule has 0 unspecified atom stereocenters. The molecule has 34 heavy (non-hydrogen) atoms. The van der Waals surface area contributed by atoms with E-state index in [2.05, 4.69) is 31.1 Å². The molecule has 0 aliphatic carbocycles. The monoisotopic (exact) mass is 484 g/mol. The van der Waals surface area contributed by atoms with Crippen molar-refractivity contribution in [2.45, 2.75) is 97.2 Å². The third kappa shape index (κ3) is 3.60. The summed E-state index contributed by atoms with van der Waals surface area (Å²) in [6.45, 7) is 20.1. The molecule has 0 aromatic heterocycles. The van der Waals surface area contributed by atoms with Crippen molar-refractivity contribution in [3.63, 3.8) is 0 Å². The van der Waals surface area contributed by atoms with Gasteiger partial charge in [0.2, 0.25) is 0 Å². The molecule has 0 saturated heterocycles. The second kappa shape index (κ2) is 7.48. The first-order valence-electron chi connectivity index (χ1n) is 11.5. The molecule has 0 saturated carbocycles. The van der Waals surface area contributed by atoms with Gasteiger partial charge < -0.3 is 10.4 Å². The highest BCUT2D eigenvalue weighted by Gasteiger charge is 2.61. The van der Waals surface area contributed by atoms with E-state index in [0.29, 0.717) is 16.7 Å². The minimum atomic E-state index is -1.75. The molecule has 2 aliphatic rings. The lowest BCUT2D eigenvalue weighted by atomic mass is 9.84. The largest absolute Gasteiger partial charge is 0.714 e. The van der Waals surface area contributed by atoms with Crippen molar-refractivity contribution in [2.75, 3.05) is 0 Å². The van der Waals surface area contributed by atoms with Gasteiger partial charge in [-0.15, -0.1) is 5.54 Å². The van der Waals surface area contributed by atoms with Crippen molar-refractivity contribution < 1.29 is 19.9 Å². The van der Waals surface area contributed by atoms with Crippen molar-refractivity contribution in [3.8, 4) is 11.5 Å². The Balaban J connectivity index is 2.33. The van der Waals surface area contributed by atoms with Gasteiger partial charge in [-0.2, -0.15) is 0 Å². The Morgan fingerprint density at radius 2 is 1.09 bits per heavy atom. The van der Waals surface area contributed by atoms with E-state index in [1.807, 2.05) is 0 Å². The normalized spacial score (nSPS) is 22.9. The van der Waals surface area contributed by atoms with E-state index in [4.69, 9.17) is 0 Å². The molecule has 2 aliphatic heterocycles. The van der Waals surface area contributed by atoms with Gasteiger partial charge in [0.05, 0.1) is 11.1 Å². The quantitative estimate of drug-likeness (QED) is 0.275. The lowest BCUT2D eigenvalue weighted by Gasteiger charge is -2.32. The molecule has 0 fully saturated rings. The van der Waals surface area contributed by atoms with Crippen LogP contribution in [0, 0.1) is 21.9 Å². The van der Waals surface area contributed by atoms with Crippen LogP contribution in [-0.4, -0.2) is 61.5 Å². The number of benzene rings is 1. The van der Waals surface area contributed by atoms with Gasteiger partial charge in [0.1, 0.15) is 19.2 Å². The predicted octanol–water partition coefficient (Wildman–Crippen LogP) is 3.87. The van der Waals surface area contributed by atoms with Crippen molar-refractivity contribution >= 4 is 19.7 Å². The van der Waals surface area contributed by atoms with Crippen LogP contribution in [-0.2, 0) is 10.4 Å². The molecule has 9 heteroatoms. The third-order valence-electron chi connectivity index (χ3n) is 7.83. The first-order valence-corrected chi connectivity index (χ1v) is 15.0. The van der Waals surface area contributed by atoms with Crippen molar-refractivity contribution in [3.05, 3.63) is 45.3 Å². The van der Waals surface area contributed by atoms with Crippen LogP contribution in [0.3, 0.4) is 0 Å². The maximum absolute atomic E-state index is 13.3. The van der Waals surface area contributed by atoms with Crippen LogP contribution in [0.1, 0.15) is 72.1 Å². The summed E-state index contributed by atoms with van der Waals surface area (Å²) in [6.07, 6.45) is 0. The average molecular weight is 485 g/mol. The molecular formula is C25H36N4O4Si. The molecule has 1 aromatic carbocycles. The summed E-state index contributed by atoms with van der Waals surface area (Å²) >= 11 is 0. The summed E-state index contributed by atoms with van der Waals surface area (Å²) in [5, 5.41) is 54.7. The minimum Gasteiger partial charge on any atom is -0.714 e. The number of hydrogen-bond acceptors (Lipinski definition) is 4. The van der Waals surface area contributed by atoms with Gasteiger partial charge in [-0.3, -0.25) is 9.48 Å². The second-order valence-corrected chi connectivity index (χ2v) is 17.1. The Kier molecular flexibility index (Phi) is 5.73. The summed E-state index contributed by atoms with van der Waals surface area (Å²) in [7, 11) is -1.75. The predicted molar refractivity (Wildman–Crippen MR) is 134 cm³/mol.